The Morgan fingerprint density at radius 3 is 2.79 bits per heavy atom. The monoisotopic (exact) mass is 255 g/mol. The fourth-order valence-electron chi connectivity index (χ4n) is 1.62. The molecule has 2 rings (SSSR count). The van der Waals surface area contributed by atoms with Gasteiger partial charge in [-0.3, -0.25) is 9.78 Å². The summed E-state index contributed by atoms with van der Waals surface area (Å²) in [4.78, 5) is 17.2. The van der Waals surface area contributed by atoms with Crippen LogP contribution in [-0.4, -0.2) is 17.9 Å². The standard InChI is InChI=1S/C14H10FN3O/c1-18(13-5-3-2-4-11(13)15)14(19)12-8-10(9-16)6-7-17-12/h2-8H,1H3. The number of hydrogen-bond acceptors (Lipinski definition) is 3. The van der Waals surface area contributed by atoms with Gasteiger partial charge in [-0.15, -0.1) is 0 Å². The lowest BCUT2D eigenvalue weighted by Crippen LogP contribution is -2.27. The summed E-state index contributed by atoms with van der Waals surface area (Å²) in [6, 6.07) is 10.8. The molecule has 19 heavy (non-hydrogen) atoms. The van der Waals surface area contributed by atoms with Crippen LogP contribution in [0.1, 0.15) is 16.1 Å². The fraction of sp³-hybridized carbons (Fsp3) is 0.0714. The Balaban J connectivity index is 2.34. The van der Waals surface area contributed by atoms with E-state index in [4.69, 9.17) is 5.26 Å². The van der Waals surface area contributed by atoms with Gasteiger partial charge in [-0.1, -0.05) is 12.1 Å². The Morgan fingerprint density at radius 2 is 2.11 bits per heavy atom. The first-order valence-corrected chi connectivity index (χ1v) is 5.52. The summed E-state index contributed by atoms with van der Waals surface area (Å²) in [5.41, 5.74) is 0.599. The van der Waals surface area contributed by atoms with Gasteiger partial charge in [0.15, 0.2) is 0 Å². The zero-order valence-corrected chi connectivity index (χ0v) is 10.2. The van der Waals surface area contributed by atoms with Crippen molar-refractivity contribution in [1.29, 1.82) is 5.26 Å². The lowest BCUT2D eigenvalue weighted by molar-refractivity contribution is 0.0987. The van der Waals surface area contributed by atoms with Crippen molar-refractivity contribution in [2.75, 3.05) is 11.9 Å². The molecule has 1 amide bonds. The van der Waals surface area contributed by atoms with Gasteiger partial charge < -0.3 is 4.90 Å². The van der Waals surface area contributed by atoms with E-state index in [1.54, 1.807) is 12.1 Å². The Morgan fingerprint density at radius 1 is 1.37 bits per heavy atom. The van der Waals surface area contributed by atoms with Crippen LogP contribution >= 0.6 is 0 Å². The maximum absolute atomic E-state index is 13.6. The summed E-state index contributed by atoms with van der Waals surface area (Å²) in [5, 5.41) is 8.78. The minimum Gasteiger partial charge on any atom is -0.307 e. The highest BCUT2D eigenvalue weighted by molar-refractivity contribution is 6.04. The van der Waals surface area contributed by atoms with Crippen LogP contribution in [0.5, 0.6) is 0 Å². The molecule has 0 fully saturated rings. The van der Waals surface area contributed by atoms with Crippen molar-refractivity contribution in [1.82, 2.24) is 4.98 Å². The molecular formula is C14H10FN3O. The molecule has 0 radical (unpaired) electrons. The van der Waals surface area contributed by atoms with E-state index in [2.05, 4.69) is 4.98 Å². The molecule has 0 spiro atoms. The molecule has 2 aromatic rings. The van der Waals surface area contributed by atoms with Crippen LogP contribution in [0.4, 0.5) is 10.1 Å². The van der Waals surface area contributed by atoms with E-state index < -0.39 is 11.7 Å². The number of nitrogens with zero attached hydrogens (tertiary/aromatic N) is 3. The first kappa shape index (κ1) is 12.7. The van der Waals surface area contributed by atoms with Gasteiger partial charge in [0, 0.05) is 13.2 Å². The van der Waals surface area contributed by atoms with Crippen LogP contribution in [0.2, 0.25) is 0 Å². The zero-order chi connectivity index (χ0) is 13.8. The topological polar surface area (TPSA) is 57.0 Å². The highest BCUT2D eigenvalue weighted by atomic mass is 19.1. The first-order valence-electron chi connectivity index (χ1n) is 5.52. The number of pyridine rings is 1. The molecular weight excluding hydrogens is 245 g/mol. The molecule has 1 aromatic carbocycles. The number of amides is 1. The van der Waals surface area contributed by atoms with Crippen molar-refractivity contribution in [2.45, 2.75) is 0 Å². The third-order valence-electron chi connectivity index (χ3n) is 2.63. The Hall–Kier alpha value is -2.74. The van der Waals surface area contributed by atoms with Crippen LogP contribution in [0.3, 0.4) is 0 Å². The van der Waals surface area contributed by atoms with Crippen molar-refractivity contribution in [3.05, 3.63) is 59.7 Å². The van der Waals surface area contributed by atoms with Gasteiger partial charge in [-0.2, -0.15) is 5.26 Å². The van der Waals surface area contributed by atoms with Crippen molar-refractivity contribution in [3.8, 4) is 6.07 Å². The second kappa shape index (κ2) is 5.27. The number of para-hydroxylation sites is 1. The molecule has 0 aliphatic rings. The van der Waals surface area contributed by atoms with Crippen LogP contribution < -0.4 is 4.90 Å². The van der Waals surface area contributed by atoms with E-state index in [-0.39, 0.29) is 11.4 Å². The zero-order valence-electron chi connectivity index (χ0n) is 10.2. The van der Waals surface area contributed by atoms with Crippen LogP contribution in [-0.2, 0) is 0 Å². The molecule has 0 bridgehead atoms. The van der Waals surface area contributed by atoms with Gasteiger partial charge in [0.2, 0.25) is 0 Å². The molecule has 0 atom stereocenters. The molecule has 0 saturated heterocycles. The number of aromatic nitrogens is 1. The summed E-state index contributed by atoms with van der Waals surface area (Å²) in [6.07, 6.45) is 1.38. The van der Waals surface area contributed by atoms with Crippen LogP contribution in [0, 0.1) is 17.1 Å². The molecule has 0 saturated carbocycles. The smallest absolute Gasteiger partial charge is 0.276 e. The fourth-order valence-corrected chi connectivity index (χ4v) is 1.62. The molecule has 5 heteroatoms. The number of nitriles is 1. The maximum Gasteiger partial charge on any atom is 0.276 e. The van der Waals surface area contributed by atoms with Gasteiger partial charge in [-0.25, -0.2) is 4.39 Å². The molecule has 4 nitrogen and oxygen atoms in total. The number of anilines is 1. The second-order valence-electron chi connectivity index (χ2n) is 3.86. The molecule has 1 heterocycles. The number of benzene rings is 1. The van der Waals surface area contributed by atoms with Crippen molar-refractivity contribution < 1.29 is 9.18 Å². The summed E-state index contributed by atoms with van der Waals surface area (Å²) in [5.74, 6) is -0.961. The molecule has 0 aliphatic carbocycles. The average Bonchev–Trinajstić information content (AvgIpc) is 2.46. The summed E-state index contributed by atoms with van der Waals surface area (Å²) in [7, 11) is 1.46. The largest absolute Gasteiger partial charge is 0.307 e. The van der Waals surface area contributed by atoms with Crippen molar-refractivity contribution in [2.24, 2.45) is 0 Å². The Bertz CT molecular complexity index is 664. The van der Waals surface area contributed by atoms with Gasteiger partial charge in [-0.05, 0) is 24.3 Å². The van der Waals surface area contributed by atoms with E-state index in [1.165, 1.54) is 42.4 Å². The van der Waals surface area contributed by atoms with Crippen LogP contribution in [0.15, 0.2) is 42.6 Å². The highest BCUT2D eigenvalue weighted by Crippen LogP contribution is 2.18. The lowest BCUT2D eigenvalue weighted by atomic mass is 10.2. The SMILES string of the molecule is CN(C(=O)c1cc(C#N)ccn1)c1ccccc1F. The predicted octanol–water partition coefficient (Wildman–Crippen LogP) is 2.37. The van der Waals surface area contributed by atoms with Gasteiger partial charge in [0.1, 0.15) is 11.5 Å². The van der Waals surface area contributed by atoms with E-state index >= 15 is 0 Å². The first-order chi connectivity index (χ1) is 9.13. The maximum atomic E-state index is 13.6. The quantitative estimate of drug-likeness (QED) is 0.827. The molecule has 0 N–H and O–H groups in total. The van der Waals surface area contributed by atoms with E-state index in [0.717, 1.165) is 0 Å². The normalized spacial score (nSPS) is 9.74. The highest BCUT2D eigenvalue weighted by Gasteiger charge is 2.17. The summed E-state index contributed by atoms with van der Waals surface area (Å²) < 4.78 is 13.6. The second-order valence-corrected chi connectivity index (χ2v) is 3.86. The number of halogens is 1. The Kier molecular flexibility index (Phi) is 3.53. The van der Waals surface area contributed by atoms with Crippen molar-refractivity contribution in [3.63, 3.8) is 0 Å². The summed E-state index contributed by atoms with van der Waals surface area (Å²) >= 11 is 0. The Labute approximate surface area is 109 Å². The third kappa shape index (κ3) is 2.58. The van der Waals surface area contributed by atoms with E-state index in [1.807, 2.05) is 6.07 Å². The van der Waals surface area contributed by atoms with Crippen LogP contribution in [0.25, 0.3) is 0 Å². The summed E-state index contributed by atoms with van der Waals surface area (Å²) in [6.45, 7) is 0. The average molecular weight is 255 g/mol. The third-order valence-corrected chi connectivity index (χ3v) is 2.63. The molecule has 0 unspecified atom stereocenters. The number of rotatable bonds is 2. The number of hydrogen-bond donors (Lipinski definition) is 0. The number of carbonyl (C=O) groups is 1. The lowest BCUT2D eigenvalue weighted by Gasteiger charge is -2.17. The predicted molar refractivity (Wildman–Crippen MR) is 68.1 cm³/mol. The minimum atomic E-state index is -0.491. The van der Waals surface area contributed by atoms with E-state index in [0.29, 0.717) is 5.56 Å². The molecule has 1 aromatic heterocycles. The van der Waals surface area contributed by atoms with E-state index in [9.17, 15) is 9.18 Å². The van der Waals surface area contributed by atoms with Crippen molar-refractivity contribution >= 4 is 11.6 Å². The van der Waals surface area contributed by atoms with Gasteiger partial charge in [0.05, 0.1) is 17.3 Å². The number of carbonyl (C=O) groups excluding carboxylic acids is 1. The minimum absolute atomic E-state index is 0.102. The molecule has 0 aliphatic heterocycles. The van der Waals surface area contributed by atoms with Gasteiger partial charge in [0.25, 0.3) is 5.91 Å². The molecule has 94 valence electrons. The van der Waals surface area contributed by atoms with Gasteiger partial charge >= 0.3 is 0 Å².